The van der Waals surface area contributed by atoms with Gasteiger partial charge in [-0.2, -0.15) is 5.10 Å². The van der Waals surface area contributed by atoms with Crippen molar-refractivity contribution in [2.75, 3.05) is 5.32 Å². The number of halogens is 1. The number of H-pyrrole nitrogens is 1. The third-order valence-electron chi connectivity index (χ3n) is 7.24. The number of nitrogens with zero attached hydrogens (tertiary/aromatic N) is 5. The van der Waals surface area contributed by atoms with Crippen molar-refractivity contribution in [1.82, 2.24) is 29.5 Å². The van der Waals surface area contributed by atoms with Crippen LogP contribution in [-0.2, 0) is 7.05 Å². The monoisotopic (exact) mass is 519 g/mol. The van der Waals surface area contributed by atoms with E-state index in [1.165, 1.54) is 12.8 Å². The first-order valence-corrected chi connectivity index (χ1v) is 12.7. The van der Waals surface area contributed by atoms with Crippen LogP contribution in [0.3, 0.4) is 0 Å². The van der Waals surface area contributed by atoms with Gasteiger partial charge in [-0.05, 0) is 56.0 Å². The van der Waals surface area contributed by atoms with Crippen LogP contribution in [0.25, 0.3) is 33.3 Å². The van der Waals surface area contributed by atoms with E-state index in [0.29, 0.717) is 22.8 Å². The number of aryl methyl sites for hydroxylation is 2. The molecule has 0 amide bonds. The van der Waals surface area contributed by atoms with Crippen LogP contribution < -0.4 is 16.6 Å². The van der Waals surface area contributed by atoms with Gasteiger partial charge in [-0.25, -0.2) is 14.5 Å². The van der Waals surface area contributed by atoms with Crippen molar-refractivity contribution >= 4 is 39.1 Å². The van der Waals surface area contributed by atoms with Gasteiger partial charge >= 0.3 is 5.76 Å². The number of nitrogens with one attached hydrogen (secondary N) is 2. The third kappa shape index (κ3) is 3.92. The Labute approximate surface area is 216 Å². The van der Waals surface area contributed by atoms with E-state index >= 15 is 0 Å². The van der Waals surface area contributed by atoms with Crippen molar-refractivity contribution in [2.24, 2.45) is 7.05 Å². The van der Waals surface area contributed by atoms with Crippen LogP contribution in [0.4, 0.5) is 5.69 Å². The zero-order chi connectivity index (χ0) is 25.8. The molecular formula is C26H26ClN7O3. The molecule has 2 N–H and O–H groups in total. The van der Waals surface area contributed by atoms with Crippen LogP contribution in [0, 0.1) is 6.92 Å². The van der Waals surface area contributed by atoms with E-state index in [9.17, 15) is 9.59 Å². The van der Waals surface area contributed by atoms with E-state index < -0.39 is 5.76 Å². The summed E-state index contributed by atoms with van der Waals surface area (Å²) in [5.74, 6) is -0.511. The maximum atomic E-state index is 13.6. The summed E-state index contributed by atoms with van der Waals surface area (Å²) in [4.78, 5) is 32.0. The minimum atomic E-state index is -0.682. The molecule has 0 bridgehead atoms. The Balaban J connectivity index is 1.52. The van der Waals surface area contributed by atoms with Crippen molar-refractivity contribution in [3.63, 3.8) is 0 Å². The van der Waals surface area contributed by atoms with Crippen molar-refractivity contribution in [3.05, 3.63) is 67.6 Å². The summed E-state index contributed by atoms with van der Waals surface area (Å²) in [7, 11) is 1.82. The van der Waals surface area contributed by atoms with Gasteiger partial charge in [-0.3, -0.25) is 18.9 Å². The number of pyridine rings is 2. The van der Waals surface area contributed by atoms with Gasteiger partial charge < -0.3 is 5.32 Å². The van der Waals surface area contributed by atoms with Crippen molar-refractivity contribution < 1.29 is 4.52 Å². The lowest BCUT2D eigenvalue weighted by molar-refractivity contribution is 0.388. The topological polar surface area (TPSA) is 124 Å². The van der Waals surface area contributed by atoms with Gasteiger partial charge in [0.1, 0.15) is 16.5 Å². The first kappa shape index (κ1) is 23.5. The molecule has 0 aliphatic heterocycles. The molecule has 1 fully saturated rings. The van der Waals surface area contributed by atoms with Crippen LogP contribution >= 0.6 is 11.6 Å². The lowest BCUT2D eigenvalue weighted by Crippen LogP contribution is -2.22. The van der Waals surface area contributed by atoms with Crippen LogP contribution in [-0.4, -0.2) is 29.5 Å². The fourth-order valence-corrected chi connectivity index (χ4v) is 5.71. The van der Waals surface area contributed by atoms with Gasteiger partial charge in [-0.1, -0.05) is 35.7 Å². The van der Waals surface area contributed by atoms with Crippen LogP contribution in [0.15, 0.2) is 44.6 Å². The second kappa shape index (κ2) is 8.88. The number of hydrogen-bond donors (Lipinski definition) is 2. The van der Waals surface area contributed by atoms with E-state index in [1.54, 1.807) is 16.7 Å². The van der Waals surface area contributed by atoms with Crippen LogP contribution in [0.1, 0.15) is 55.8 Å². The first-order chi connectivity index (χ1) is 17.8. The van der Waals surface area contributed by atoms with Gasteiger partial charge in [-0.15, -0.1) is 0 Å². The smallest absolute Gasteiger partial charge is 0.377 e. The molecule has 4 heterocycles. The number of hydrogen-bond acceptors (Lipinski definition) is 7. The van der Waals surface area contributed by atoms with Gasteiger partial charge in [0.2, 0.25) is 5.82 Å². The summed E-state index contributed by atoms with van der Waals surface area (Å²) in [5.41, 5.74) is 3.70. The number of benzene rings is 1. The molecule has 37 heavy (non-hydrogen) atoms. The largest absolute Gasteiger partial charge is 0.439 e. The highest BCUT2D eigenvalue weighted by molar-refractivity contribution is 6.29. The van der Waals surface area contributed by atoms with Crippen molar-refractivity contribution in [2.45, 2.75) is 51.6 Å². The standard InChI is InChI=1S/C26H26ClN7O3/c1-13-10-16(14(2)29-19-8-9-20(27)30-22(19)23-31-26(36)37-32-23)21-17(11-13)25(35)33(3)24-18(21)12-28-34(24)15-6-4-5-7-15/h8-12,14-15,29H,4-7H2,1-3H3,(H,31,32,36). The second-order valence-corrected chi connectivity index (χ2v) is 10.1. The molecule has 5 aromatic rings. The summed E-state index contributed by atoms with van der Waals surface area (Å²) < 4.78 is 8.44. The SMILES string of the molecule is Cc1cc(C(C)Nc2ccc(Cl)nc2-c2noc(=O)[nH]2)c2c(c1)c(=O)n(C)c1c2cnn1C1CCCC1. The second-order valence-electron chi connectivity index (χ2n) is 9.75. The average Bonchev–Trinajstić information content (AvgIpc) is 3.64. The Hall–Kier alpha value is -3.92. The van der Waals surface area contributed by atoms with Crippen molar-refractivity contribution in [1.29, 1.82) is 0 Å². The highest BCUT2D eigenvalue weighted by Gasteiger charge is 2.25. The molecule has 1 aromatic carbocycles. The average molecular weight is 520 g/mol. The molecule has 4 aromatic heterocycles. The Kier molecular flexibility index (Phi) is 5.63. The van der Waals surface area contributed by atoms with E-state index in [-0.39, 0.29) is 22.6 Å². The number of anilines is 1. The maximum absolute atomic E-state index is 13.6. The Morgan fingerprint density at radius 3 is 2.70 bits per heavy atom. The molecule has 6 rings (SSSR count). The molecular weight excluding hydrogens is 494 g/mol. The molecule has 1 unspecified atom stereocenters. The normalized spacial score (nSPS) is 15.1. The first-order valence-electron chi connectivity index (χ1n) is 12.3. The molecule has 10 nitrogen and oxygen atoms in total. The number of fused-ring (bicyclic) bond motifs is 3. The molecule has 11 heteroatoms. The number of aromatic nitrogens is 6. The minimum Gasteiger partial charge on any atom is -0.377 e. The van der Waals surface area contributed by atoms with Gasteiger partial charge in [0.25, 0.3) is 5.56 Å². The molecule has 190 valence electrons. The van der Waals surface area contributed by atoms with E-state index in [2.05, 4.69) is 31.0 Å². The summed E-state index contributed by atoms with van der Waals surface area (Å²) in [6.07, 6.45) is 6.37. The van der Waals surface area contributed by atoms with E-state index in [0.717, 1.165) is 40.4 Å². The quantitative estimate of drug-likeness (QED) is 0.317. The van der Waals surface area contributed by atoms with Crippen LogP contribution in [0.2, 0.25) is 5.15 Å². The molecule has 1 aliphatic rings. The lowest BCUT2D eigenvalue weighted by Gasteiger charge is -2.21. The number of rotatable bonds is 5. The van der Waals surface area contributed by atoms with Gasteiger partial charge in [0, 0.05) is 29.2 Å². The zero-order valence-electron chi connectivity index (χ0n) is 20.7. The molecule has 1 saturated carbocycles. The highest BCUT2D eigenvalue weighted by Crippen LogP contribution is 2.37. The highest BCUT2D eigenvalue weighted by atomic mass is 35.5. The molecule has 0 spiro atoms. The molecule has 0 saturated heterocycles. The molecule has 1 aliphatic carbocycles. The Morgan fingerprint density at radius 1 is 1.19 bits per heavy atom. The predicted octanol–water partition coefficient (Wildman–Crippen LogP) is 4.88. The molecule has 0 radical (unpaired) electrons. The fourth-order valence-electron chi connectivity index (χ4n) is 5.56. The summed E-state index contributed by atoms with van der Waals surface area (Å²) in [6.45, 7) is 4.00. The van der Waals surface area contributed by atoms with Crippen LogP contribution in [0.5, 0.6) is 0 Å². The maximum Gasteiger partial charge on any atom is 0.439 e. The number of aromatic amines is 1. The van der Waals surface area contributed by atoms with Crippen molar-refractivity contribution in [3.8, 4) is 11.5 Å². The van der Waals surface area contributed by atoms with E-state index in [1.807, 2.05) is 37.8 Å². The minimum absolute atomic E-state index is 0.0478. The summed E-state index contributed by atoms with van der Waals surface area (Å²) >= 11 is 6.14. The fraction of sp³-hybridized carbons (Fsp3) is 0.346. The molecule has 1 atom stereocenters. The lowest BCUT2D eigenvalue weighted by atomic mass is 9.95. The Morgan fingerprint density at radius 2 is 1.97 bits per heavy atom. The van der Waals surface area contributed by atoms with Gasteiger partial charge in [0.15, 0.2) is 0 Å². The summed E-state index contributed by atoms with van der Waals surface area (Å²) in [6, 6.07) is 7.53. The van der Waals surface area contributed by atoms with E-state index in [4.69, 9.17) is 16.7 Å². The Bertz CT molecular complexity index is 1780. The third-order valence-corrected chi connectivity index (χ3v) is 7.45. The summed E-state index contributed by atoms with van der Waals surface area (Å²) in [5, 5.41) is 14.8. The van der Waals surface area contributed by atoms with Gasteiger partial charge in [0.05, 0.1) is 17.9 Å². The zero-order valence-corrected chi connectivity index (χ0v) is 21.5. The predicted molar refractivity (Wildman–Crippen MR) is 142 cm³/mol.